The standard InChI is InChI=1S/C18H23N5/c1-3-16-18-7-13(10-22(18)9-12(2)21-16)14-8-20-23(11-14)17-6-4-5-15(17)19/h7-11,15,17H,3-6,19H2,1-2H3/t15-,17+/m0/s1. The van der Waals surface area contributed by atoms with E-state index in [9.17, 15) is 0 Å². The molecular formula is C18H23N5. The van der Waals surface area contributed by atoms with Crippen molar-refractivity contribution in [2.24, 2.45) is 5.73 Å². The third kappa shape index (κ3) is 2.45. The van der Waals surface area contributed by atoms with Crippen LogP contribution in [0.2, 0.25) is 0 Å². The van der Waals surface area contributed by atoms with E-state index in [1.165, 1.54) is 17.5 Å². The minimum Gasteiger partial charge on any atom is -0.326 e. The highest BCUT2D eigenvalue weighted by molar-refractivity contribution is 5.70. The first kappa shape index (κ1) is 14.5. The van der Waals surface area contributed by atoms with Crippen molar-refractivity contribution in [1.82, 2.24) is 19.2 Å². The average molecular weight is 309 g/mol. The molecule has 0 aliphatic heterocycles. The first-order valence-electron chi connectivity index (χ1n) is 8.44. The molecule has 1 aliphatic carbocycles. The molecule has 3 aromatic heterocycles. The fourth-order valence-electron chi connectivity index (χ4n) is 3.70. The van der Waals surface area contributed by atoms with Gasteiger partial charge in [0, 0.05) is 35.8 Å². The Balaban J connectivity index is 1.73. The Kier molecular flexibility index (Phi) is 3.45. The number of aromatic nitrogens is 4. The third-order valence-electron chi connectivity index (χ3n) is 4.92. The van der Waals surface area contributed by atoms with Crippen molar-refractivity contribution in [3.8, 4) is 11.1 Å². The van der Waals surface area contributed by atoms with Crippen LogP contribution in [0, 0.1) is 6.92 Å². The highest BCUT2D eigenvalue weighted by Crippen LogP contribution is 2.30. The van der Waals surface area contributed by atoms with Gasteiger partial charge < -0.3 is 10.1 Å². The van der Waals surface area contributed by atoms with Gasteiger partial charge in [-0.05, 0) is 38.7 Å². The number of aryl methyl sites for hydroxylation is 2. The first-order valence-corrected chi connectivity index (χ1v) is 8.44. The lowest BCUT2D eigenvalue weighted by molar-refractivity contribution is 0.422. The lowest BCUT2D eigenvalue weighted by Gasteiger charge is -2.15. The van der Waals surface area contributed by atoms with Crippen LogP contribution >= 0.6 is 0 Å². The van der Waals surface area contributed by atoms with Gasteiger partial charge in [0.05, 0.1) is 29.1 Å². The number of hydrogen-bond acceptors (Lipinski definition) is 3. The number of rotatable bonds is 3. The Bertz CT molecular complexity index is 844. The van der Waals surface area contributed by atoms with Crippen LogP contribution in [0.5, 0.6) is 0 Å². The van der Waals surface area contributed by atoms with Crippen LogP contribution in [0.25, 0.3) is 16.6 Å². The lowest BCUT2D eigenvalue weighted by atomic mass is 10.1. The van der Waals surface area contributed by atoms with Crippen LogP contribution in [0.1, 0.15) is 43.6 Å². The van der Waals surface area contributed by atoms with Crippen molar-refractivity contribution in [3.05, 3.63) is 42.2 Å². The van der Waals surface area contributed by atoms with Gasteiger partial charge in [-0.25, -0.2) is 0 Å². The van der Waals surface area contributed by atoms with E-state index in [1.54, 1.807) is 0 Å². The average Bonchev–Trinajstić information content (AvgIpc) is 3.23. The number of nitrogens with two attached hydrogens (primary N) is 1. The number of fused-ring (bicyclic) bond motifs is 1. The molecule has 0 aromatic carbocycles. The molecule has 120 valence electrons. The molecule has 0 amide bonds. The van der Waals surface area contributed by atoms with Crippen LogP contribution < -0.4 is 5.73 Å². The van der Waals surface area contributed by atoms with E-state index in [-0.39, 0.29) is 6.04 Å². The Morgan fingerprint density at radius 1 is 1.22 bits per heavy atom. The second-order valence-electron chi connectivity index (χ2n) is 6.57. The Hall–Kier alpha value is -2.14. The summed E-state index contributed by atoms with van der Waals surface area (Å²) in [6, 6.07) is 2.78. The second kappa shape index (κ2) is 5.49. The normalized spacial score (nSPS) is 21.3. The van der Waals surface area contributed by atoms with E-state index in [0.29, 0.717) is 6.04 Å². The second-order valence-corrected chi connectivity index (χ2v) is 6.57. The van der Waals surface area contributed by atoms with Gasteiger partial charge in [-0.15, -0.1) is 0 Å². The molecule has 5 nitrogen and oxygen atoms in total. The SMILES string of the molecule is CCc1nc(C)cn2cc(-c3cnn([C@@H]4CCC[C@@H]4N)c3)cc12. The zero-order chi connectivity index (χ0) is 16.0. The zero-order valence-electron chi connectivity index (χ0n) is 13.7. The molecule has 3 aromatic rings. The molecule has 4 rings (SSSR count). The molecule has 1 saturated carbocycles. The summed E-state index contributed by atoms with van der Waals surface area (Å²) in [4.78, 5) is 4.65. The van der Waals surface area contributed by atoms with Crippen LogP contribution in [-0.4, -0.2) is 25.2 Å². The Morgan fingerprint density at radius 3 is 2.83 bits per heavy atom. The summed E-state index contributed by atoms with van der Waals surface area (Å²) in [5.41, 5.74) is 11.9. The van der Waals surface area contributed by atoms with Crippen molar-refractivity contribution in [1.29, 1.82) is 0 Å². The van der Waals surface area contributed by atoms with Crippen molar-refractivity contribution in [2.45, 2.75) is 51.6 Å². The molecule has 5 heteroatoms. The fraction of sp³-hybridized carbons (Fsp3) is 0.444. The maximum Gasteiger partial charge on any atom is 0.0673 e. The van der Waals surface area contributed by atoms with Gasteiger partial charge in [0.1, 0.15) is 0 Å². The molecular weight excluding hydrogens is 286 g/mol. The minimum absolute atomic E-state index is 0.231. The van der Waals surface area contributed by atoms with Crippen molar-refractivity contribution >= 4 is 5.52 Å². The van der Waals surface area contributed by atoms with Gasteiger partial charge in [-0.1, -0.05) is 6.92 Å². The Labute approximate surface area is 136 Å². The van der Waals surface area contributed by atoms with E-state index < -0.39 is 0 Å². The van der Waals surface area contributed by atoms with Crippen LogP contribution in [0.3, 0.4) is 0 Å². The molecule has 2 N–H and O–H groups in total. The Morgan fingerprint density at radius 2 is 2.09 bits per heavy atom. The van der Waals surface area contributed by atoms with Crippen LogP contribution in [-0.2, 0) is 6.42 Å². The number of hydrogen-bond donors (Lipinski definition) is 1. The first-order chi connectivity index (χ1) is 11.2. The predicted molar refractivity (Wildman–Crippen MR) is 91.4 cm³/mol. The summed E-state index contributed by atoms with van der Waals surface area (Å²) >= 11 is 0. The summed E-state index contributed by atoms with van der Waals surface area (Å²) in [5, 5.41) is 4.57. The molecule has 1 fully saturated rings. The molecule has 2 atom stereocenters. The summed E-state index contributed by atoms with van der Waals surface area (Å²) in [5.74, 6) is 0. The zero-order valence-corrected chi connectivity index (χ0v) is 13.7. The van der Waals surface area contributed by atoms with Gasteiger partial charge in [0.2, 0.25) is 0 Å². The predicted octanol–water partition coefficient (Wildman–Crippen LogP) is 3.12. The molecule has 0 saturated heterocycles. The van der Waals surface area contributed by atoms with E-state index in [0.717, 1.165) is 36.2 Å². The summed E-state index contributed by atoms with van der Waals surface area (Å²) in [6.07, 6.45) is 12.7. The minimum atomic E-state index is 0.231. The molecule has 0 unspecified atom stereocenters. The molecule has 0 spiro atoms. The molecule has 1 aliphatic rings. The van der Waals surface area contributed by atoms with E-state index in [2.05, 4.69) is 50.7 Å². The van der Waals surface area contributed by atoms with Gasteiger partial charge in [0.15, 0.2) is 0 Å². The lowest BCUT2D eigenvalue weighted by Crippen LogP contribution is -2.27. The molecule has 0 radical (unpaired) electrons. The number of nitrogens with zero attached hydrogens (tertiary/aromatic N) is 4. The molecule has 23 heavy (non-hydrogen) atoms. The van der Waals surface area contributed by atoms with E-state index >= 15 is 0 Å². The van der Waals surface area contributed by atoms with E-state index in [4.69, 9.17) is 5.73 Å². The topological polar surface area (TPSA) is 61.1 Å². The van der Waals surface area contributed by atoms with Gasteiger partial charge >= 0.3 is 0 Å². The molecule has 0 bridgehead atoms. The van der Waals surface area contributed by atoms with Crippen molar-refractivity contribution in [3.63, 3.8) is 0 Å². The smallest absolute Gasteiger partial charge is 0.0673 e. The third-order valence-corrected chi connectivity index (χ3v) is 4.92. The van der Waals surface area contributed by atoms with Crippen molar-refractivity contribution < 1.29 is 0 Å². The highest BCUT2D eigenvalue weighted by atomic mass is 15.3. The maximum atomic E-state index is 6.20. The quantitative estimate of drug-likeness (QED) is 0.808. The highest BCUT2D eigenvalue weighted by Gasteiger charge is 2.26. The molecule has 3 heterocycles. The van der Waals surface area contributed by atoms with Crippen LogP contribution in [0.15, 0.2) is 30.9 Å². The summed E-state index contributed by atoms with van der Waals surface area (Å²) in [7, 11) is 0. The van der Waals surface area contributed by atoms with Crippen LogP contribution in [0.4, 0.5) is 0 Å². The monoisotopic (exact) mass is 309 g/mol. The fourth-order valence-corrected chi connectivity index (χ4v) is 3.70. The van der Waals surface area contributed by atoms with E-state index in [1.807, 2.05) is 13.1 Å². The van der Waals surface area contributed by atoms with Gasteiger partial charge in [-0.2, -0.15) is 5.10 Å². The summed E-state index contributed by atoms with van der Waals surface area (Å²) < 4.78 is 4.23. The van der Waals surface area contributed by atoms with Gasteiger partial charge in [-0.3, -0.25) is 9.67 Å². The summed E-state index contributed by atoms with van der Waals surface area (Å²) in [6.45, 7) is 4.19. The van der Waals surface area contributed by atoms with Crippen molar-refractivity contribution in [2.75, 3.05) is 0 Å². The maximum absolute atomic E-state index is 6.20. The van der Waals surface area contributed by atoms with Gasteiger partial charge in [0.25, 0.3) is 0 Å². The largest absolute Gasteiger partial charge is 0.326 e.